The quantitative estimate of drug-likeness (QED) is 0.788. The first-order valence-corrected chi connectivity index (χ1v) is 9.93. The third kappa shape index (κ3) is 4.17. The Bertz CT molecular complexity index is 931. The number of alkyl halides is 3. The summed E-state index contributed by atoms with van der Waals surface area (Å²) in [6.45, 7) is 2.44. The fourth-order valence-corrected chi connectivity index (χ4v) is 3.88. The van der Waals surface area contributed by atoms with E-state index >= 15 is 0 Å². The second-order valence-corrected chi connectivity index (χ2v) is 7.55. The van der Waals surface area contributed by atoms with Crippen molar-refractivity contribution in [2.75, 3.05) is 37.6 Å². The van der Waals surface area contributed by atoms with Crippen molar-refractivity contribution in [3.8, 4) is 0 Å². The number of carbonyl (C=O) groups is 2. The highest BCUT2D eigenvalue weighted by Crippen LogP contribution is 2.28. The van der Waals surface area contributed by atoms with E-state index in [1.807, 2.05) is 4.90 Å². The SMILES string of the molecule is O=C(NCC(=O)N1CCCC1)C1CCN(c2ccc3nnc(C(F)(F)F)n3n2)CC1. The lowest BCUT2D eigenvalue weighted by Gasteiger charge is -2.32. The lowest BCUT2D eigenvalue weighted by Crippen LogP contribution is -2.44. The molecule has 0 bridgehead atoms. The van der Waals surface area contributed by atoms with Gasteiger partial charge in [-0.15, -0.1) is 15.3 Å². The van der Waals surface area contributed by atoms with Crippen LogP contribution in [0, 0.1) is 5.92 Å². The average molecular weight is 425 g/mol. The van der Waals surface area contributed by atoms with Crippen LogP contribution < -0.4 is 10.2 Å². The Hall–Kier alpha value is -2.92. The summed E-state index contributed by atoms with van der Waals surface area (Å²) in [6.07, 6.45) is -1.60. The number of hydrogen-bond acceptors (Lipinski definition) is 6. The molecule has 2 fully saturated rings. The van der Waals surface area contributed by atoms with Gasteiger partial charge in [0.1, 0.15) is 5.82 Å². The summed E-state index contributed by atoms with van der Waals surface area (Å²) in [7, 11) is 0. The van der Waals surface area contributed by atoms with Crippen LogP contribution in [0.3, 0.4) is 0 Å². The highest BCUT2D eigenvalue weighted by Gasteiger charge is 2.38. The molecule has 0 unspecified atom stereocenters. The highest BCUT2D eigenvalue weighted by molar-refractivity contribution is 5.86. The van der Waals surface area contributed by atoms with Gasteiger partial charge >= 0.3 is 6.18 Å². The van der Waals surface area contributed by atoms with E-state index in [-0.39, 0.29) is 29.9 Å². The van der Waals surface area contributed by atoms with Crippen molar-refractivity contribution < 1.29 is 22.8 Å². The summed E-state index contributed by atoms with van der Waals surface area (Å²) in [4.78, 5) is 28.0. The van der Waals surface area contributed by atoms with Crippen LogP contribution >= 0.6 is 0 Å². The second-order valence-electron chi connectivity index (χ2n) is 7.55. The van der Waals surface area contributed by atoms with Crippen LogP contribution in [-0.4, -0.2) is 69.2 Å². The molecule has 2 amide bonds. The molecule has 12 heteroatoms. The predicted molar refractivity (Wildman–Crippen MR) is 99.5 cm³/mol. The van der Waals surface area contributed by atoms with Gasteiger partial charge in [0.2, 0.25) is 11.8 Å². The number of piperidine rings is 1. The minimum Gasteiger partial charge on any atom is -0.355 e. The van der Waals surface area contributed by atoms with E-state index in [1.54, 1.807) is 11.0 Å². The largest absolute Gasteiger partial charge is 0.453 e. The van der Waals surface area contributed by atoms with Crippen LogP contribution in [0.4, 0.5) is 19.0 Å². The van der Waals surface area contributed by atoms with E-state index in [1.165, 1.54) is 6.07 Å². The maximum atomic E-state index is 13.0. The number of anilines is 1. The van der Waals surface area contributed by atoms with Crippen molar-refractivity contribution >= 4 is 23.3 Å². The van der Waals surface area contributed by atoms with Gasteiger partial charge in [-0.05, 0) is 37.8 Å². The van der Waals surface area contributed by atoms with Crippen molar-refractivity contribution in [3.05, 3.63) is 18.0 Å². The Kier molecular flexibility index (Phi) is 5.48. The lowest BCUT2D eigenvalue weighted by molar-refractivity contribution is -0.146. The van der Waals surface area contributed by atoms with Crippen LogP contribution in [0.1, 0.15) is 31.5 Å². The molecule has 0 aromatic carbocycles. The van der Waals surface area contributed by atoms with Crippen LogP contribution in [0.25, 0.3) is 5.65 Å². The molecule has 4 heterocycles. The summed E-state index contributed by atoms with van der Waals surface area (Å²) < 4.78 is 39.8. The van der Waals surface area contributed by atoms with E-state index in [0.29, 0.717) is 36.3 Å². The molecule has 0 aliphatic carbocycles. The number of hydrogen-bond donors (Lipinski definition) is 1. The molecule has 2 aliphatic rings. The third-order valence-corrected chi connectivity index (χ3v) is 5.56. The first kappa shape index (κ1) is 20.4. The molecule has 4 rings (SSSR count). The number of fused-ring (bicyclic) bond motifs is 1. The number of rotatable bonds is 4. The molecular formula is C18H22F3N7O2. The number of halogens is 3. The molecule has 162 valence electrons. The minimum absolute atomic E-state index is 0.00508. The summed E-state index contributed by atoms with van der Waals surface area (Å²) in [6, 6.07) is 3.03. The molecule has 2 aromatic heterocycles. The number of amides is 2. The molecule has 1 N–H and O–H groups in total. The molecule has 0 radical (unpaired) electrons. The van der Waals surface area contributed by atoms with Gasteiger partial charge < -0.3 is 15.1 Å². The zero-order valence-corrected chi connectivity index (χ0v) is 16.2. The Labute approximate surface area is 170 Å². The molecule has 30 heavy (non-hydrogen) atoms. The summed E-state index contributed by atoms with van der Waals surface area (Å²) in [5.74, 6) is -1.27. The maximum absolute atomic E-state index is 13.0. The predicted octanol–water partition coefficient (Wildman–Crippen LogP) is 1.10. The summed E-state index contributed by atoms with van der Waals surface area (Å²) >= 11 is 0. The highest BCUT2D eigenvalue weighted by atomic mass is 19.4. The number of nitrogens with zero attached hydrogens (tertiary/aromatic N) is 6. The molecule has 0 saturated carbocycles. The Morgan fingerprint density at radius 3 is 2.43 bits per heavy atom. The van der Waals surface area contributed by atoms with Crippen LogP contribution in [0.15, 0.2) is 12.1 Å². The van der Waals surface area contributed by atoms with E-state index in [0.717, 1.165) is 25.9 Å². The average Bonchev–Trinajstić information content (AvgIpc) is 3.41. The third-order valence-electron chi connectivity index (χ3n) is 5.56. The Morgan fingerprint density at radius 2 is 1.77 bits per heavy atom. The lowest BCUT2D eigenvalue weighted by atomic mass is 9.96. The molecule has 2 aliphatic heterocycles. The van der Waals surface area contributed by atoms with Crippen LogP contribution in [-0.2, 0) is 15.8 Å². The van der Waals surface area contributed by atoms with E-state index in [2.05, 4.69) is 20.6 Å². The zero-order chi connectivity index (χ0) is 21.3. The van der Waals surface area contributed by atoms with Gasteiger partial charge in [-0.1, -0.05) is 0 Å². The topological polar surface area (TPSA) is 95.7 Å². The van der Waals surface area contributed by atoms with Gasteiger partial charge in [-0.2, -0.15) is 17.7 Å². The zero-order valence-electron chi connectivity index (χ0n) is 16.2. The standard InChI is InChI=1S/C18H22F3N7O2/c19-18(20,21)17-24-23-13-3-4-14(25-28(13)17)26-9-5-12(6-10-26)16(30)22-11-15(29)27-7-1-2-8-27/h3-4,12H,1-2,5-11H2,(H,22,30). The summed E-state index contributed by atoms with van der Waals surface area (Å²) in [5.41, 5.74) is 0.0167. The number of likely N-dealkylation sites (tertiary alicyclic amines) is 1. The maximum Gasteiger partial charge on any atom is 0.453 e. The number of nitrogens with one attached hydrogen (secondary N) is 1. The first-order valence-electron chi connectivity index (χ1n) is 9.93. The van der Waals surface area contributed by atoms with Gasteiger partial charge in [0.05, 0.1) is 6.54 Å². The fourth-order valence-electron chi connectivity index (χ4n) is 3.88. The Balaban J connectivity index is 1.34. The molecule has 2 saturated heterocycles. The smallest absolute Gasteiger partial charge is 0.355 e. The molecule has 0 spiro atoms. The van der Waals surface area contributed by atoms with Crippen molar-refractivity contribution in [3.63, 3.8) is 0 Å². The fraction of sp³-hybridized carbons (Fsp3) is 0.611. The second kappa shape index (κ2) is 8.07. The van der Waals surface area contributed by atoms with Gasteiger partial charge in [0, 0.05) is 32.1 Å². The van der Waals surface area contributed by atoms with E-state index < -0.39 is 12.0 Å². The van der Waals surface area contributed by atoms with Gasteiger partial charge in [-0.25, -0.2) is 0 Å². The van der Waals surface area contributed by atoms with Crippen LogP contribution in [0.2, 0.25) is 0 Å². The molecule has 0 atom stereocenters. The summed E-state index contributed by atoms with van der Waals surface area (Å²) in [5, 5.41) is 13.4. The van der Waals surface area contributed by atoms with Gasteiger partial charge in [-0.3, -0.25) is 9.59 Å². The molecule has 2 aromatic rings. The van der Waals surface area contributed by atoms with E-state index in [9.17, 15) is 22.8 Å². The minimum atomic E-state index is -4.65. The Morgan fingerprint density at radius 1 is 1.07 bits per heavy atom. The van der Waals surface area contributed by atoms with Crippen LogP contribution in [0.5, 0.6) is 0 Å². The number of carbonyl (C=O) groups excluding carboxylic acids is 2. The normalized spacial score (nSPS) is 18.2. The monoisotopic (exact) mass is 425 g/mol. The van der Waals surface area contributed by atoms with Gasteiger partial charge in [0.25, 0.3) is 5.82 Å². The number of aromatic nitrogens is 4. The molecular weight excluding hydrogens is 403 g/mol. The van der Waals surface area contributed by atoms with Gasteiger partial charge in [0.15, 0.2) is 5.65 Å². The van der Waals surface area contributed by atoms with Crippen molar-refractivity contribution in [2.24, 2.45) is 5.92 Å². The van der Waals surface area contributed by atoms with E-state index in [4.69, 9.17) is 0 Å². The first-order chi connectivity index (χ1) is 14.3. The van der Waals surface area contributed by atoms with Crippen molar-refractivity contribution in [2.45, 2.75) is 31.9 Å². The molecule has 9 nitrogen and oxygen atoms in total. The van der Waals surface area contributed by atoms with Crippen molar-refractivity contribution in [1.82, 2.24) is 30.0 Å². The van der Waals surface area contributed by atoms with Crippen molar-refractivity contribution in [1.29, 1.82) is 0 Å².